The summed E-state index contributed by atoms with van der Waals surface area (Å²) >= 11 is 0. The van der Waals surface area contributed by atoms with Crippen LogP contribution in [-0.2, 0) is 23.2 Å². The number of benzene rings is 1. The van der Waals surface area contributed by atoms with Crippen LogP contribution in [0, 0.1) is 5.92 Å². The first-order valence-electron chi connectivity index (χ1n) is 9.58. The Balaban J connectivity index is 1.62. The van der Waals surface area contributed by atoms with Gasteiger partial charge in [-0.3, -0.25) is 18.7 Å². The molecule has 1 aromatic heterocycles. The highest BCUT2D eigenvalue weighted by molar-refractivity contribution is 5.81. The fourth-order valence-corrected chi connectivity index (χ4v) is 3.53. The van der Waals surface area contributed by atoms with Gasteiger partial charge in [-0.15, -0.1) is 0 Å². The topological polar surface area (TPSA) is 67.6 Å². The molecule has 0 bridgehead atoms. The summed E-state index contributed by atoms with van der Waals surface area (Å²) in [6.07, 6.45) is 1.46. The first-order valence-corrected chi connectivity index (χ1v) is 9.58. The van der Waals surface area contributed by atoms with Crippen molar-refractivity contribution in [2.75, 3.05) is 26.2 Å². The molecule has 0 saturated carbocycles. The predicted molar refractivity (Wildman–Crippen MR) is 104 cm³/mol. The maximum Gasteiger partial charge on any atom is 0.329 e. The molecule has 0 aliphatic carbocycles. The van der Waals surface area contributed by atoms with Gasteiger partial charge in [-0.2, -0.15) is 0 Å². The standard InChI is InChI=1S/C20H28N4O3/c1-15(2)8-9-18(25)22-10-12-23(13-11-22)19(26)14-24-17-7-5-4-6-16(17)21(3)20(24)27/h4-7,15H,8-14H2,1-3H3. The van der Waals surface area contributed by atoms with Crippen molar-refractivity contribution in [2.45, 2.75) is 33.2 Å². The second-order valence-corrected chi connectivity index (χ2v) is 7.61. The van der Waals surface area contributed by atoms with Gasteiger partial charge < -0.3 is 9.80 Å². The van der Waals surface area contributed by atoms with Crippen LogP contribution in [0.4, 0.5) is 0 Å². The molecule has 1 aromatic carbocycles. The lowest BCUT2D eigenvalue weighted by molar-refractivity contribution is -0.140. The van der Waals surface area contributed by atoms with Crippen LogP contribution in [0.25, 0.3) is 11.0 Å². The Morgan fingerprint density at radius 2 is 1.52 bits per heavy atom. The molecule has 2 aromatic rings. The third-order valence-electron chi connectivity index (χ3n) is 5.27. The van der Waals surface area contributed by atoms with E-state index < -0.39 is 0 Å². The number of aromatic nitrogens is 2. The van der Waals surface area contributed by atoms with E-state index in [-0.39, 0.29) is 24.0 Å². The third kappa shape index (κ3) is 4.07. The van der Waals surface area contributed by atoms with E-state index in [2.05, 4.69) is 13.8 Å². The highest BCUT2D eigenvalue weighted by Crippen LogP contribution is 2.13. The number of imidazole rings is 1. The number of rotatable bonds is 5. The van der Waals surface area contributed by atoms with Crippen molar-refractivity contribution in [1.29, 1.82) is 0 Å². The smallest absolute Gasteiger partial charge is 0.329 e. The van der Waals surface area contributed by atoms with Gasteiger partial charge in [-0.05, 0) is 24.5 Å². The molecule has 7 nitrogen and oxygen atoms in total. The van der Waals surface area contributed by atoms with Crippen molar-refractivity contribution in [2.24, 2.45) is 13.0 Å². The van der Waals surface area contributed by atoms with Crippen molar-refractivity contribution < 1.29 is 9.59 Å². The average molecular weight is 372 g/mol. The summed E-state index contributed by atoms with van der Waals surface area (Å²) in [5, 5.41) is 0. The van der Waals surface area contributed by atoms with Crippen molar-refractivity contribution >= 4 is 22.8 Å². The zero-order valence-corrected chi connectivity index (χ0v) is 16.4. The first-order chi connectivity index (χ1) is 12.9. The quantitative estimate of drug-likeness (QED) is 0.798. The molecule has 0 radical (unpaired) electrons. The number of hydrogen-bond acceptors (Lipinski definition) is 3. The number of carbonyl (C=O) groups excluding carboxylic acids is 2. The van der Waals surface area contributed by atoms with E-state index in [0.717, 1.165) is 17.5 Å². The molecule has 2 amide bonds. The number of aryl methyl sites for hydroxylation is 1. The molecule has 146 valence electrons. The largest absolute Gasteiger partial charge is 0.339 e. The highest BCUT2D eigenvalue weighted by Gasteiger charge is 2.25. The molecule has 0 spiro atoms. The fraction of sp³-hybridized carbons (Fsp3) is 0.550. The van der Waals surface area contributed by atoms with Gasteiger partial charge in [0.2, 0.25) is 11.8 Å². The summed E-state index contributed by atoms with van der Waals surface area (Å²) in [7, 11) is 1.72. The van der Waals surface area contributed by atoms with Gasteiger partial charge in [0.05, 0.1) is 11.0 Å². The van der Waals surface area contributed by atoms with Crippen molar-refractivity contribution in [3.8, 4) is 0 Å². The van der Waals surface area contributed by atoms with Gasteiger partial charge in [0.1, 0.15) is 6.54 Å². The van der Waals surface area contributed by atoms with Crippen molar-refractivity contribution in [1.82, 2.24) is 18.9 Å². The number of nitrogens with zero attached hydrogens (tertiary/aromatic N) is 4. The SMILES string of the molecule is CC(C)CCC(=O)N1CCN(C(=O)Cn2c(=O)n(C)c3ccccc32)CC1. The van der Waals surface area contributed by atoms with Gasteiger partial charge in [-0.25, -0.2) is 4.79 Å². The van der Waals surface area contributed by atoms with Crippen molar-refractivity contribution in [3.63, 3.8) is 0 Å². The lowest BCUT2D eigenvalue weighted by Gasteiger charge is -2.35. The zero-order valence-electron chi connectivity index (χ0n) is 16.4. The second kappa shape index (κ2) is 7.98. The van der Waals surface area contributed by atoms with Crippen LogP contribution < -0.4 is 5.69 Å². The van der Waals surface area contributed by atoms with E-state index in [4.69, 9.17) is 0 Å². The summed E-state index contributed by atoms with van der Waals surface area (Å²) in [5.74, 6) is 0.597. The Bertz CT molecular complexity index is 888. The lowest BCUT2D eigenvalue weighted by Crippen LogP contribution is -2.51. The number of carbonyl (C=O) groups is 2. The van der Waals surface area contributed by atoms with Crippen molar-refractivity contribution in [3.05, 3.63) is 34.7 Å². The predicted octanol–water partition coefficient (Wildman–Crippen LogP) is 1.45. The van der Waals surface area contributed by atoms with Crippen LogP contribution >= 0.6 is 0 Å². The summed E-state index contributed by atoms with van der Waals surface area (Å²) in [6.45, 7) is 6.41. The van der Waals surface area contributed by atoms with E-state index in [1.165, 1.54) is 4.57 Å². The molecular weight excluding hydrogens is 344 g/mol. The molecule has 1 saturated heterocycles. The average Bonchev–Trinajstić information content (AvgIpc) is 2.91. The van der Waals surface area contributed by atoms with E-state index in [1.54, 1.807) is 16.5 Å². The number of fused-ring (bicyclic) bond motifs is 1. The minimum absolute atomic E-state index is 0.0292. The fourth-order valence-electron chi connectivity index (χ4n) is 3.53. The van der Waals surface area contributed by atoms with Gasteiger partial charge in [-0.1, -0.05) is 26.0 Å². The molecule has 1 aliphatic rings. The number of para-hydroxylation sites is 2. The second-order valence-electron chi connectivity index (χ2n) is 7.61. The number of amides is 2. The van der Waals surface area contributed by atoms with Crippen LogP contribution in [0.3, 0.4) is 0 Å². The lowest BCUT2D eigenvalue weighted by atomic mass is 10.1. The van der Waals surface area contributed by atoms with Gasteiger partial charge in [0.15, 0.2) is 0 Å². The number of piperazine rings is 1. The van der Waals surface area contributed by atoms with Crippen LogP contribution in [0.15, 0.2) is 29.1 Å². The molecule has 0 N–H and O–H groups in total. The van der Waals surface area contributed by atoms with Crippen LogP contribution in [-0.4, -0.2) is 56.9 Å². The molecular formula is C20H28N4O3. The summed E-state index contributed by atoms with van der Waals surface area (Å²) in [6, 6.07) is 7.47. The number of hydrogen-bond donors (Lipinski definition) is 0. The van der Waals surface area contributed by atoms with E-state index in [1.807, 2.05) is 29.2 Å². The van der Waals surface area contributed by atoms with Gasteiger partial charge >= 0.3 is 5.69 Å². The Kier molecular flexibility index (Phi) is 5.68. The molecule has 3 rings (SSSR count). The van der Waals surface area contributed by atoms with Gasteiger partial charge in [0, 0.05) is 39.6 Å². The maximum atomic E-state index is 12.7. The molecule has 1 fully saturated rings. The highest BCUT2D eigenvalue weighted by atomic mass is 16.2. The Morgan fingerprint density at radius 3 is 2.11 bits per heavy atom. The Labute approximate surface area is 159 Å². The minimum atomic E-state index is -0.188. The third-order valence-corrected chi connectivity index (χ3v) is 5.27. The van der Waals surface area contributed by atoms with Gasteiger partial charge in [0.25, 0.3) is 0 Å². The minimum Gasteiger partial charge on any atom is -0.339 e. The normalized spacial score (nSPS) is 15.0. The van der Waals surface area contributed by atoms with E-state index >= 15 is 0 Å². The summed E-state index contributed by atoms with van der Waals surface area (Å²) in [5.41, 5.74) is 1.39. The maximum absolute atomic E-state index is 12.7. The molecule has 1 aliphatic heterocycles. The summed E-state index contributed by atoms with van der Waals surface area (Å²) in [4.78, 5) is 41.0. The van der Waals surface area contributed by atoms with E-state index in [0.29, 0.717) is 38.5 Å². The Morgan fingerprint density at radius 1 is 0.963 bits per heavy atom. The zero-order chi connectivity index (χ0) is 19.6. The molecule has 27 heavy (non-hydrogen) atoms. The molecule has 2 heterocycles. The molecule has 0 atom stereocenters. The Hall–Kier alpha value is -2.57. The van der Waals surface area contributed by atoms with Crippen LogP contribution in [0.1, 0.15) is 26.7 Å². The van der Waals surface area contributed by atoms with Crippen LogP contribution in [0.5, 0.6) is 0 Å². The summed E-state index contributed by atoms with van der Waals surface area (Å²) < 4.78 is 3.09. The first kappa shape index (κ1) is 19.2. The molecule has 0 unspecified atom stereocenters. The van der Waals surface area contributed by atoms with E-state index in [9.17, 15) is 14.4 Å². The molecule has 7 heteroatoms. The monoisotopic (exact) mass is 372 g/mol. The van der Waals surface area contributed by atoms with Crippen LogP contribution in [0.2, 0.25) is 0 Å².